The van der Waals surface area contributed by atoms with Crippen molar-refractivity contribution >= 4 is 46.4 Å². The van der Waals surface area contributed by atoms with Gasteiger partial charge in [-0.05, 0) is 96.8 Å². The molecule has 2 N–H and O–H groups in total. The van der Waals surface area contributed by atoms with Gasteiger partial charge in [-0.1, -0.05) is 23.2 Å². The topological polar surface area (TPSA) is 124 Å². The first kappa shape index (κ1) is 40.5. The zero-order chi connectivity index (χ0) is 39.9. The van der Waals surface area contributed by atoms with Crippen LogP contribution in [0, 0.1) is 11.8 Å². The summed E-state index contributed by atoms with van der Waals surface area (Å²) in [4.78, 5) is 38.2. The van der Waals surface area contributed by atoms with E-state index in [1.165, 1.54) is 28.4 Å². The number of carbonyl (C=O) groups excluding carboxylic acids is 2. The normalized spacial score (nSPS) is 15.6. The Morgan fingerprint density at radius 1 is 0.536 bits per heavy atom. The van der Waals surface area contributed by atoms with Gasteiger partial charge in [-0.25, -0.2) is 0 Å². The molecule has 14 heteroatoms. The van der Waals surface area contributed by atoms with Gasteiger partial charge in [0, 0.05) is 73.8 Å². The van der Waals surface area contributed by atoms with Crippen molar-refractivity contribution in [1.82, 2.24) is 9.80 Å². The molecule has 2 amide bonds. The van der Waals surface area contributed by atoms with Gasteiger partial charge in [0.15, 0.2) is 23.0 Å². The van der Waals surface area contributed by atoms with Crippen molar-refractivity contribution in [3.8, 4) is 34.5 Å². The maximum atomic E-state index is 15.0. The van der Waals surface area contributed by atoms with Gasteiger partial charge in [0.05, 0.1) is 40.3 Å². The SMILES string of the molecule is COc1cc(C[C@H](C(=O)N2CCN(c3ccc(Cl)cc3)CC2)[C@@H](Cc2cc(OC)c(O)c(OC)c2)C(=O)N2CCN(c3ccc(Cl)cc3)CC2)cc(OC)c1O. The summed E-state index contributed by atoms with van der Waals surface area (Å²) in [6.07, 6.45) is 0.299. The number of nitrogens with zero attached hydrogens (tertiary/aromatic N) is 4. The van der Waals surface area contributed by atoms with Gasteiger partial charge < -0.3 is 48.8 Å². The monoisotopic (exact) mass is 806 g/mol. The van der Waals surface area contributed by atoms with Crippen molar-refractivity contribution in [2.24, 2.45) is 11.8 Å². The summed E-state index contributed by atoms with van der Waals surface area (Å²) < 4.78 is 21.9. The Morgan fingerprint density at radius 3 is 1.09 bits per heavy atom. The lowest BCUT2D eigenvalue weighted by Gasteiger charge is -2.41. The minimum absolute atomic E-state index is 0.150. The second-order valence-electron chi connectivity index (χ2n) is 13.9. The van der Waals surface area contributed by atoms with Crippen LogP contribution in [0.4, 0.5) is 11.4 Å². The predicted molar refractivity (Wildman–Crippen MR) is 217 cm³/mol. The molecule has 2 aliphatic heterocycles. The highest BCUT2D eigenvalue weighted by molar-refractivity contribution is 6.30. The molecule has 298 valence electrons. The van der Waals surface area contributed by atoms with Crippen LogP contribution in [0.25, 0.3) is 0 Å². The maximum Gasteiger partial charge on any atom is 0.226 e. The molecule has 2 heterocycles. The fourth-order valence-corrected chi connectivity index (χ4v) is 7.84. The van der Waals surface area contributed by atoms with Crippen LogP contribution in [-0.4, -0.2) is 113 Å². The molecule has 12 nitrogen and oxygen atoms in total. The largest absolute Gasteiger partial charge is 0.502 e. The minimum atomic E-state index is -0.844. The highest BCUT2D eigenvalue weighted by Gasteiger charge is 2.40. The molecule has 0 aromatic heterocycles. The molecule has 2 atom stereocenters. The fourth-order valence-electron chi connectivity index (χ4n) is 7.59. The van der Waals surface area contributed by atoms with Gasteiger partial charge in [0.1, 0.15) is 0 Å². The maximum absolute atomic E-state index is 15.0. The Morgan fingerprint density at radius 2 is 0.821 bits per heavy atom. The molecule has 4 aromatic rings. The van der Waals surface area contributed by atoms with E-state index in [1.54, 1.807) is 24.3 Å². The Hall–Kier alpha value is -5.20. The standard InChI is InChI=1S/C42H48Cl2N4O8/c1-53-35-23-27(24-36(54-2)39(35)49)21-33(41(51)47-17-13-45(14-18-47)31-9-5-29(43)6-10-31)34(22-28-25-37(55-3)40(50)38(26-28)56-4)42(52)48-19-15-46(16-20-48)32-11-7-30(44)8-12-32/h5-12,23-26,33-34,49-50H,13-22H2,1-4H3/t33-,34+. The Balaban J connectivity index is 1.36. The highest BCUT2D eigenvalue weighted by Crippen LogP contribution is 2.41. The molecular formula is C42H48Cl2N4O8. The summed E-state index contributed by atoms with van der Waals surface area (Å²) in [5, 5.41) is 22.8. The lowest BCUT2D eigenvalue weighted by atomic mass is 9.80. The number of ether oxygens (including phenoxy) is 4. The van der Waals surface area contributed by atoms with Gasteiger partial charge in [-0.3, -0.25) is 9.59 Å². The summed E-state index contributed by atoms with van der Waals surface area (Å²) in [6.45, 7) is 4.17. The molecule has 0 radical (unpaired) electrons. The number of benzene rings is 4. The van der Waals surface area contributed by atoms with Crippen molar-refractivity contribution in [1.29, 1.82) is 0 Å². The number of piperazine rings is 2. The van der Waals surface area contributed by atoms with Crippen molar-refractivity contribution in [3.05, 3.63) is 94.0 Å². The summed E-state index contributed by atoms with van der Waals surface area (Å²) in [5.74, 6) is -1.57. The number of halogens is 2. The van der Waals surface area contributed by atoms with Crippen LogP contribution in [0.1, 0.15) is 11.1 Å². The van der Waals surface area contributed by atoms with E-state index in [2.05, 4.69) is 9.80 Å². The second-order valence-corrected chi connectivity index (χ2v) is 14.8. The number of hydrogen-bond acceptors (Lipinski definition) is 10. The third-order valence-corrected chi connectivity index (χ3v) is 11.2. The first-order chi connectivity index (χ1) is 27.0. The van der Waals surface area contributed by atoms with Crippen LogP contribution < -0.4 is 28.7 Å². The molecule has 6 rings (SSSR count). The molecule has 2 saturated heterocycles. The highest BCUT2D eigenvalue weighted by atomic mass is 35.5. The molecular weight excluding hydrogens is 759 g/mol. The van der Waals surface area contributed by atoms with E-state index in [1.807, 2.05) is 58.3 Å². The third kappa shape index (κ3) is 9.08. The van der Waals surface area contributed by atoms with Crippen LogP contribution in [-0.2, 0) is 22.4 Å². The minimum Gasteiger partial charge on any atom is -0.502 e. The predicted octanol–water partition coefficient (Wildman–Crippen LogP) is 6.15. The van der Waals surface area contributed by atoms with Crippen molar-refractivity contribution in [2.75, 3.05) is 90.6 Å². The van der Waals surface area contributed by atoms with E-state index in [0.717, 1.165) is 11.4 Å². The fraction of sp³-hybridized carbons (Fsp3) is 0.381. The third-order valence-electron chi connectivity index (χ3n) is 10.7. The number of phenolic OH excluding ortho intramolecular Hbond substituents is 2. The average Bonchev–Trinajstić information content (AvgIpc) is 3.23. The number of rotatable bonds is 13. The lowest BCUT2D eigenvalue weighted by Crippen LogP contribution is -2.55. The zero-order valence-corrected chi connectivity index (χ0v) is 33.6. The summed E-state index contributed by atoms with van der Waals surface area (Å²) in [6, 6.07) is 22.0. The van der Waals surface area contributed by atoms with Crippen LogP contribution in [0.3, 0.4) is 0 Å². The molecule has 0 saturated carbocycles. The van der Waals surface area contributed by atoms with Gasteiger partial charge in [0.2, 0.25) is 23.3 Å². The number of aromatic hydroxyl groups is 2. The van der Waals surface area contributed by atoms with Crippen molar-refractivity contribution < 1.29 is 38.7 Å². The van der Waals surface area contributed by atoms with Gasteiger partial charge >= 0.3 is 0 Å². The summed E-state index contributed by atoms with van der Waals surface area (Å²) in [5.41, 5.74) is 3.34. The lowest BCUT2D eigenvalue weighted by molar-refractivity contribution is -0.146. The van der Waals surface area contributed by atoms with Crippen LogP contribution in [0.5, 0.6) is 34.5 Å². The van der Waals surface area contributed by atoms with Gasteiger partial charge in [0.25, 0.3) is 0 Å². The number of anilines is 2. The van der Waals surface area contributed by atoms with Gasteiger partial charge in [-0.15, -0.1) is 0 Å². The van der Waals surface area contributed by atoms with Crippen LogP contribution in [0.15, 0.2) is 72.8 Å². The average molecular weight is 808 g/mol. The summed E-state index contributed by atoms with van der Waals surface area (Å²) in [7, 11) is 5.79. The molecule has 0 bridgehead atoms. The van der Waals surface area contributed by atoms with E-state index in [0.29, 0.717) is 73.5 Å². The number of methoxy groups -OCH3 is 4. The Bertz CT molecular complexity index is 1790. The summed E-state index contributed by atoms with van der Waals surface area (Å²) >= 11 is 12.3. The molecule has 2 aliphatic rings. The Labute approximate surface area is 337 Å². The molecule has 2 fully saturated rings. The first-order valence-corrected chi connectivity index (χ1v) is 19.2. The van der Waals surface area contributed by atoms with E-state index < -0.39 is 11.8 Å². The smallest absolute Gasteiger partial charge is 0.226 e. The van der Waals surface area contributed by atoms with E-state index >= 15 is 9.59 Å². The molecule has 0 aliphatic carbocycles. The molecule has 0 spiro atoms. The quantitative estimate of drug-likeness (QED) is 0.163. The van der Waals surface area contributed by atoms with Crippen LogP contribution >= 0.6 is 23.2 Å². The van der Waals surface area contributed by atoms with E-state index in [4.69, 9.17) is 42.1 Å². The number of carbonyl (C=O) groups is 2. The van der Waals surface area contributed by atoms with E-state index in [9.17, 15) is 10.2 Å². The second kappa shape index (κ2) is 18.2. The first-order valence-electron chi connectivity index (χ1n) is 18.5. The molecule has 56 heavy (non-hydrogen) atoms. The number of hydrogen-bond donors (Lipinski definition) is 2. The number of phenols is 2. The zero-order valence-electron chi connectivity index (χ0n) is 32.0. The molecule has 4 aromatic carbocycles. The molecule has 0 unspecified atom stereocenters. The van der Waals surface area contributed by atoms with Crippen LogP contribution in [0.2, 0.25) is 10.0 Å². The van der Waals surface area contributed by atoms with Crippen molar-refractivity contribution in [2.45, 2.75) is 12.8 Å². The van der Waals surface area contributed by atoms with Crippen molar-refractivity contribution in [3.63, 3.8) is 0 Å². The Kier molecular flexibility index (Phi) is 13.1. The van der Waals surface area contributed by atoms with Gasteiger partial charge in [-0.2, -0.15) is 0 Å². The number of amides is 2. The van der Waals surface area contributed by atoms with E-state index in [-0.39, 0.29) is 59.2 Å².